The van der Waals surface area contributed by atoms with E-state index in [0.29, 0.717) is 26.1 Å². The minimum Gasteiger partial charge on any atom is -0.481 e. The third-order valence-corrected chi connectivity index (χ3v) is 3.83. The van der Waals surface area contributed by atoms with Gasteiger partial charge in [0.1, 0.15) is 0 Å². The zero-order valence-corrected chi connectivity index (χ0v) is 10.9. The molecule has 2 rings (SSSR count). The number of nitrogens with zero attached hydrogens (tertiary/aromatic N) is 2. The molecule has 0 aliphatic carbocycles. The highest BCUT2D eigenvalue weighted by atomic mass is 32.1. The van der Waals surface area contributed by atoms with E-state index in [1.807, 2.05) is 12.3 Å². The zero-order chi connectivity index (χ0) is 13.1. The van der Waals surface area contributed by atoms with Gasteiger partial charge in [-0.25, -0.2) is 9.78 Å². The highest BCUT2D eigenvalue weighted by Crippen LogP contribution is 2.15. The molecule has 2 N–H and O–H groups in total. The van der Waals surface area contributed by atoms with Crippen LogP contribution < -0.4 is 5.32 Å². The predicted molar refractivity (Wildman–Crippen MR) is 66.7 cm³/mol. The van der Waals surface area contributed by atoms with Crippen LogP contribution in [0.1, 0.15) is 10.7 Å². The molecule has 2 amide bonds. The summed E-state index contributed by atoms with van der Waals surface area (Å²) < 4.78 is 0. The van der Waals surface area contributed by atoms with Crippen molar-refractivity contribution in [2.75, 3.05) is 19.6 Å². The van der Waals surface area contributed by atoms with Gasteiger partial charge in [0.25, 0.3) is 0 Å². The molecule has 0 radical (unpaired) electrons. The number of hydrogen-bond donors (Lipinski definition) is 2. The quantitative estimate of drug-likeness (QED) is 0.843. The Balaban J connectivity index is 1.66. The van der Waals surface area contributed by atoms with Crippen LogP contribution in [0.25, 0.3) is 0 Å². The molecule has 18 heavy (non-hydrogen) atoms. The summed E-state index contributed by atoms with van der Waals surface area (Å²) >= 11 is 1.58. The second-order valence-corrected chi connectivity index (χ2v) is 5.25. The number of likely N-dealkylation sites (tertiary alicyclic amines) is 1. The van der Waals surface area contributed by atoms with Gasteiger partial charge in [-0.3, -0.25) is 4.79 Å². The molecule has 0 saturated carbocycles. The standard InChI is InChI=1S/C11H15N3O3S/c1-7-6-18-9(13-7)2-3-12-11(17)14-4-8(5-14)10(15)16/h6,8H,2-5H2,1H3,(H,12,17)(H,15,16). The SMILES string of the molecule is Cc1csc(CCNC(=O)N2CC(C(=O)O)C2)n1. The lowest BCUT2D eigenvalue weighted by atomic mass is 10.0. The van der Waals surface area contributed by atoms with Gasteiger partial charge in [0.05, 0.1) is 10.9 Å². The third-order valence-electron chi connectivity index (χ3n) is 2.80. The summed E-state index contributed by atoms with van der Waals surface area (Å²) in [5.41, 5.74) is 0.994. The van der Waals surface area contributed by atoms with Gasteiger partial charge in [0.15, 0.2) is 0 Å². The summed E-state index contributed by atoms with van der Waals surface area (Å²) in [5, 5.41) is 14.4. The fourth-order valence-electron chi connectivity index (χ4n) is 1.71. The van der Waals surface area contributed by atoms with Gasteiger partial charge < -0.3 is 15.3 Å². The first-order valence-corrected chi connectivity index (χ1v) is 6.61. The fraction of sp³-hybridized carbons (Fsp3) is 0.545. The molecule has 0 atom stereocenters. The van der Waals surface area contributed by atoms with Gasteiger partial charge in [-0.05, 0) is 6.92 Å². The Labute approximate surface area is 109 Å². The van der Waals surface area contributed by atoms with E-state index >= 15 is 0 Å². The largest absolute Gasteiger partial charge is 0.481 e. The summed E-state index contributed by atoms with van der Waals surface area (Å²) in [4.78, 5) is 28.0. The molecule has 1 aliphatic heterocycles. The molecule has 2 heterocycles. The molecule has 1 saturated heterocycles. The summed E-state index contributed by atoms with van der Waals surface area (Å²) in [5.74, 6) is -1.24. The molecule has 1 fully saturated rings. The van der Waals surface area contributed by atoms with Gasteiger partial charge in [-0.2, -0.15) is 0 Å². The lowest BCUT2D eigenvalue weighted by Gasteiger charge is -2.36. The summed E-state index contributed by atoms with van der Waals surface area (Å²) in [6, 6.07) is -0.194. The minimum absolute atomic E-state index is 0.194. The normalized spacial score (nSPS) is 15.3. The van der Waals surface area contributed by atoms with Gasteiger partial charge in [-0.15, -0.1) is 11.3 Å². The van der Waals surface area contributed by atoms with Gasteiger partial charge in [0.2, 0.25) is 0 Å². The number of nitrogens with one attached hydrogen (secondary N) is 1. The van der Waals surface area contributed by atoms with E-state index in [0.717, 1.165) is 10.7 Å². The average molecular weight is 269 g/mol. The Morgan fingerprint density at radius 1 is 1.61 bits per heavy atom. The zero-order valence-electron chi connectivity index (χ0n) is 10.0. The number of carboxylic acid groups (broad SMARTS) is 1. The van der Waals surface area contributed by atoms with Crippen LogP contribution >= 0.6 is 11.3 Å². The van der Waals surface area contributed by atoms with Crippen LogP contribution in [0.15, 0.2) is 5.38 Å². The molecule has 1 aliphatic rings. The highest BCUT2D eigenvalue weighted by molar-refractivity contribution is 7.09. The molecule has 98 valence electrons. The lowest BCUT2D eigenvalue weighted by Crippen LogP contribution is -2.56. The number of amides is 2. The molecule has 0 unspecified atom stereocenters. The van der Waals surface area contributed by atoms with E-state index in [4.69, 9.17) is 5.11 Å². The Bertz CT molecular complexity index is 454. The number of thiazole rings is 1. The highest BCUT2D eigenvalue weighted by Gasteiger charge is 2.35. The number of aryl methyl sites for hydroxylation is 1. The maximum absolute atomic E-state index is 11.6. The fourth-order valence-corrected chi connectivity index (χ4v) is 2.48. The van der Waals surface area contributed by atoms with Crippen molar-refractivity contribution in [3.8, 4) is 0 Å². The molecule has 1 aromatic heterocycles. The Morgan fingerprint density at radius 3 is 2.89 bits per heavy atom. The smallest absolute Gasteiger partial charge is 0.317 e. The summed E-state index contributed by atoms with van der Waals surface area (Å²) in [6.07, 6.45) is 0.709. The van der Waals surface area contributed by atoms with Crippen LogP contribution in [-0.4, -0.2) is 46.6 Å². The van der Waals surface area contributed by atoms with Crippen molar-refractivity contribution in [3.63, 3.8) is 0 Å². The van der Waals surface area contributed by atoms with Crippen molar-refractivity contribution in [3.05, 3.63) is 16.1 Å². The van der Waals surface area contributed by atoms with E-state index in [2.05, 4.69) is 10.3 Å². The molecule has 0 spiro atoms. The van der Waals surface area contributed by atoms with Crippen molar-refractivity contribution in [1.29, 1.82) is 0 Å². The van der Waals surface area contributed by atoms with Crippen molar-refractivity contribution >= 4 is 23.3 Å². The molecule has 6 nitrogen and oxygen atoms in total. The number of carboxylic acids is 1. The lowest BCUT2D eigenvalue weighted by molar-refractivity contribution is -0.146. The van der Waals surface area contributed by atoms with Crippen molar-refractivity contribution in [2.45, 2.75) is 13.3 Å². The first-order valence-electron chi connectivity index (χ1n) is 5.73. The van der Waals surface area contributed by atoms with Crippen molar-refractivity contribution < 1.29 is 14.7 Å². The second-order valence-electron chi connectivity index (χ2n) is 4.30. The van der Waals surface area contributed by atoms with E-state index in [9.17, 15) is 9.59 Å². The molecule has 0 bridgehead atoms. The number of urea groups is 1. The second kappa shape index (κ2) is 5.34. The van der Waals surface area contributed by atoms with Crippen LogP contribution in [0.2, 0.25) is 0 Å². The van der Waals surface area contributed by atoms with E-state index in [1.54, 1.807) is 11.3 Å². The molecular formula is C11H15N3O3S. The van der Waals surface area contributed by atoms with E-state index < -0.39 is 11.9 Å². The van der Waals surface area contributed by atoms with Gasteiger partial charge in [0, 0.05) is 37.1 Å². The Kier molecular flexibility index (Phi) is 3.81. The van der Waals surface area contributed by atoms with Crippen LogP contribution in [0.3, 0.4) is 0 Å². The van der Waals surface area contributed by atoms with Crippen molar-refractivity contribution in [2.24, 2.45) is 5.92 Å². The third kappa shape index (κ3) is 2.98. The van der Waals surface area contributed by atoms with Gasteiger partial charge >= 0.3 is 12.0 Å². The maximum atomic E-state index is 11.6. The topological polar surface area (TPSA) is 82.5 Å². The van der Waals surface area contributed by atoms with Crippen LogP contribution in [0.4, 0.5) is 4.79 Å². The molecule has 7 heteroatoms. The number of carbonyl (C=O) groups is 2. The summed E-state index contributed by atoms with van der Waals surface area (Å²) in [6.45, 7) is 3.07. The number of carbonyl (C=O) groups excluding carboxylic acids is 1. The first-order chi connectivity index (χ1) is 8.56. The monoisotopic (exact) mass is 269 g/mol. The van der Waals surface area contributed by atoms with Crippen LogP contribution in [0, 0.1) is 12.8 Å². The number of aromatic nitrogens is 1. The van der Waals surface area contributed by atoms with E-state index in [-0.39, 0.29) is 6.03 Å². The van der Waals surface area contributed by atoms with Crippen molar-refractivity contribution in [1.82, 2.24) is 15.2 Å². The van der Waals surface area contributed by atoms with E-state index in [1.165, 1.54) is 4.90 Å². The van der Waals surface area contributed by atoms with Gasteiger partial charge in [-0.1, -0.05) is 0 Å². The van der Waals surface area contributed by atoms with Crippen LogP contribution in [0.5, 0.6) is 0 Å². The average Bonchev–Trinajstić information content (AvgIpc) is 2.61. The molecule has 1 aromatic rings. The maximum Gasteiger partial charge on any atom is 0.317 e. The molecule has 0 aromatic carbocycles. The predicted octanol–water partition coefficient (Wildman–Crippen LogP) is 0.720. The Hall–Kier alpha value is -1.63. The van der Waals surface area contributed by atoms with Crippen LogP contribution in [-0.2, 0) is 11.2 Å². The Morgan fingerprint density at radius 2 is 2.33 bits per heavy atom. The number of hydrogen-bond acceptors (Lipinski definition) is 4. The molecular weight excluding hydrogens is 254 g/mol. The number of aliphatic carboxylic acids is 1. The summed E-state index contributed by atoms with van der Waals surface area (Å²) in [7, 11) is 0. The first kappa shape index (κ1) is 12.8. The minimum atomic E-state index is -0.836. The number of rotatable bonds is 4.